The fraction of sp³-hybridized carbons (Fsp3) is 0.600. The third-order valence-electron chi connectivity index (χ3n) is 4.24. The fourth-order valence-corrected chi connectivity index (χ4v) is 3.85. The van der Waals surface area contributed by atoms with Gasteiger partial charge in [-0.05, 0) is 38.7 Å². The van der Waals surface area contributed by atoms with Crippen LogP contribution in [-0.4, -0.2) is 41.3 Å². The van der Waals surface area contributed by atoms with Crippen LogP contribution < -0.4 is 10.2 Å². The second-order valence-corrected chi connectivity index (χ2v) is 7.00. The van der Waals surface area contributed by atoms with Crippen molar-refractivity contribution in [1.29, 1.82) is 0 Å². The van der Waals surface area contributed by atoms with Crippen molar-refractivity contribution in [1.82, 2.24) is 9.97 Å². The van der Waals surface area contributed by atoms with E-state index in [0.717, 1.165) is 42.0 Å². The van der Waals surface area contributed by atoms with E-state index in [9.17, 15) is 5.11 Å². The van der Waals surface area contributed by atoms with Crippen molar-refractivity contribution in [3.05, 3.63) is 10.9 Å². The number of fused-ring (bicyclic) bond motifs is 1. The van der Waals surface area contributed by atoms with Crippen molar-refractivity contribution in [3.8, 4) is 0 Å². The van der Waals surface area contributed by atoms with E-state index in [-0.39, 0.29) is 6.10 Å². The van der Waals surface area contributed by atoms with E-state index in [1.807, 2.05) is 14.0 Å². The summed E-state index contributed by atoms with van der Waals surface area (Å²) in [4.78, 5) is 13.8. The second kappa shape index (κ2) is 5.77. The van der Waals surface area contributed by atoms with Crippen molar-refractivity contribution in [3.63, 3.8) is 0 Å². The maximum absolute atomic E-state index is 9.74. The van der Waals surface area contributed by atoms with Crippen molar-refractivity contribution in [2.24, 2.45) is 5.92 Å². The van der Waals surface area contributed by atoms with Gasteiger partial charge in [0.25, 0.3) is 0 Å². The third-order valence-corrected chi connectivity index (χ3v) is 5.19. The summed E-state index contributed by atoms with van der Waals surface area (Å²) in [7, 11) is 1.85. The van der Waals surface area contributed by atoms with Gasteiger partial charge in [-0.3, -0.25) is 0 Å². The number of rotatable bonds is 3. The molecule has 21 heavy (non-hydrogen) atoms. The highest BCUT2D eigenvalue weighted by atomic mass is 32.1. The number of aliphatic hydroxyl groups excluding tert-OH is 1. The largest absolute Gasteiger partial charge is 0.393 e. The summed E-state index contributed by atoms with van der Waals surface area (Å²) >= 11 is 1.71. The molecule has 0 aliphatic carbocycles. The maximum Gasteiger partial charge on any atom is 0.225 e. The molecule has 5 nitrogen and oxygen atoms in total. The smallest absolute Gasteiger partial charge is 0.225 e. The number of piperidine rings is 1. The predicted octanol–water partition coefficient (Wildman–Crippen LogP) is 2.64. The molecule has 3 heterocycles. The highest BCUT2D eigenvalue weighted by molar-refractivity contribution is 7.18. The quantitative estimate of drug-likeness (QED) is 0.913. The monoisotopic (exact) mass is 306 g/mol. The SMILES string of the molecule is CNc1nc(N2CCC(C(C)O)CC2)c2cc(C)sc2n1. The van der Waals surface area contributed by atoms with Gasteiger partial charge in [-0.25, -0.2) is 4.98 Å². The molecule has 0 spiro atoms. The van der Waals surface area contributed by atoms with Gasteiger partial charge in [0.1, 0.15) is 10.6 Å². The Morgan fingerprint density at radius 3 is 2.71 bits per heavy atom. The number of anilines is 2. The molecule has 1 unspecified atom stereocenters. The maximum atomic E-state index is 9.74. The molecule has 0 aromatic carbocycles. The standard InChI is InChI=1S/C15H22N4OS/c1-9-8-12-13(17-15(16-3)18-14(12)21-9)19-6-4-11(5-7-19)10(2)20/h8,10-11,20H,4-7H2,1-3H3,(H,16,17,18). The van der Waals surface area contributed by atoms with Crippen LogP contribution in [0.2, 0.25) is 0 Å². The summed E-state index contributed by atoms with van der Waals surface area (Å²) in [6.07, 6.45) is 1.82. The summed E-state index contributed by atoms with van der Waals surface area (Å²) in [5.41, 5.74) is 0. The Bertz CT molecular complexity index is 632. The fourth-order valence-electron chi connectivity index (χ4n) is 2.97. The zero-order valence-corrected chi connectivity index (χ0v) is 13.6. The third kappa shape index (κ3) is 2.82. The topological polar surface area (TPSA) is 61.3 Å². The number of hydrogen-bond donors (Lipinski definition) is 2. The first-order chi connectivity index (χ1) is 10.1. The molecule has 114 valence electrons. The Labute approximate surface area is 129 Å². The highest BCUT2D eigenvalue weighted by Gasteiger charge is 2.25. The summed E-state index contributed by atoms with van der Waals surface area (Å²) in [5, 5.41) is 13.9. The summed E-state index contributed by atoms with van der Waals surface area (Å²) in [6.45, 7) is 5.89. The molecule has 2 aromatic heterocycles. The van der Waals surface area contributed by atoms with Crippen LogP contribution in [0, 0.1) is 12.8 Å². The molecular formula is C15H22N4OS. The normalized spacial score (nSPS) is 18.2. The minimum Gasteiger partial charge on any atom is -0.393 e. The van der Waals surface area contributed by atoms with E-state index in [1.165, 1.54) is 4.88 Å². The van der Waals surface area contributed by atoms with Gasteiger partial charge in [0.15, 0.2) is 0 Å². The molecule has 0 radical (unpaired) electrons. The average molecular weight is 306 g/mol. The molecule has 2 N–H and O–H groups in total. The minimum absolute atomic E-state index is 0.214. The molecule has 6 heteroatoms. The predicted molar refractivity (Wildman–Crippen MR) is 88.3 cm³/mol. The van der Waals surface area contributed by atoms with Gasteiger partial charge in [0.05, 0.1) is 11.5 Å². The van der Waals surface area contributed by atoms with E-state index >= 15 is 0 Å². The summed E-state index contributed by atoms with van der Waals surface area (Å²) in [5.74, 6) is 2.11. The average Bonchev–Trinajstić information content (AvgIpc) is 2.86. The van der Waals surface area contributed by atoms with Crippen LogP contribution in [0.5, 0.6) is 0 Å². The highest BCUT2D eigenvalue weighted by Crippen LogP contribution is 2.34. The molecule has 3 rings (SSSR count). The number of hydrogen-bond acceptors (Lipinski definition) is 6. The minimum atomic E-state index is -0.214. The van der Waals surface area contributed by atoms with Crippen LogP contribution in [-0.2, 0) is 0 Å². The van der Waals surface area contributed by atoms with E-state index < -0.39 is 0 Å². The van der Waals surface area contributed by atoms with Crippen molar-refractivity contribution in [2.45, 2.75) is 32.8 Å². The Balaban J connectivity index is 1.93. The van der Waals surface area contributed by atoms with Gasteiger partial charge >= 0.3 is 0 Å². The van der Waals surface area contributed by atoms with Gasteiger partial charge in [0, 0.05) is 25.0 Å². The lowest BCUT2D eigenvalue weighted by molar-refractivity contribution is 0.110. The number of nitrogens with one attached hydrogen (secondary N) is 1. The number of thiophene rings is 1. The molecule has 1 saturated heterocycles. The lowest BCUT2D eigenvalue weighted by atomic mass is 9.92. The van der Waals surface area contributed by atoms with Gasteiger partial charge < -0.3 is 15.3 Å². The van der Waals surface area contributed by atoms with Crippen molar-refractivity contribution in [2.75, 3.05) is 30.4 Å². The van der Waals surface area contributed by atoms with Gasteiger partial charge in [0.2, 0.25) is 5.95 Å². The number of aliphatic hydroxyl groups is 1. The Morgan fingerprint density at radius 2 is 2.10 bits per heavy atom. The van der Waals surface area contributed by atoms with Crippen molar-refractivity contribution >= 4 is 33.3 Å². The zero-order chi connectivity index (χ0) is 15.0. The first kappa shape index (κ1) is 14.5. The number of aromatic nitrogens is 2. The molecule has 0 amide bonds. The molecule has 1 atom stereocenters. The molecule has 2 aromatic rings. The molecule has 1 fully saturated rings. The van der Waals surface area contributed by atoms with Crippen LogP contribution in [0.25, 0.3) is 10.2 Å². The Hall–Kier alpha value is -1.40. The number of aryl methyl sites for hydroxylation is 1. The van der Waals surface area contributed by atoms with E-state index in [0.29, 0.717) is 11.9 Å². The molecule has 0 bridgehead atoms. The van der Waals surface area contributed by atoms with Gasteiger partial charge in [-0.2, -0.15) is 4.98 Å². The number of nitrogens with zero attached hydrogens (tertiary/aromatic N) is 3. The second-order valence-electron chi connectivity index (χ2n) is 5.76. The van der Waals surface area contributed by atoms with Crippen LogP contribution in [0.1, 0.15) is 24.6 Å². The molecular weight excluding hydrogens is 284 g/mol. The Morgan fingerprint density at radius 1 is 1.38 bits per heavy atom. The molecule has 0 saturated carbocycles. The first-order valence-electron chi connectivity index (χ1n) is 7.47. The lowest BCUT2D eigenvalue weighted by Crippen LogP contribution is -2.37. The van der Waals surface area contributed by atoms with Crippen LogP contribution in [0.3, 0.4) is 0 Å². The first-order valence-corrected chi connectivity index (χ1v) is 8.29. The van der Waals surface area contributed by atoms with E-state index in [1.54, 1.807) is 11.3 Å². The Kier molecular flexibility index (Phi) is 3.99. The van der Waals surface area contributed by atoms with Gasteiger partial charge in [-0.15, -0.1) is 11.3 Å². The summed E-state index contributed by atoms with van der Waals surface area (Å²) < 4.78 is 0. The van der Waals surface area contributed by atoms with Gasteiger partial charge in [-0.1, -0.05) is 0 Å². The van der Waals surface area contributed by atoms with Crippen LogP contribution >= 0.6 is 11.3 Å². The zero-order valence-electron chi connectivity index (χ0n) is 12.8. The lowest BCUT2D eigenvalue weighted by Gasteiger charge is -2.34. The molecule has 1 aliphatic rings. The van der Waals surface area contributed by atoms with Crippen LogP contribution in [0.4, 0.5) is 11.8 Å². The molecule has 1 aliphatic heterocycles. The van der Waals surface area contributed by atoms with E-state index in [4.69, 9.17) is 0 Å². The van der Waals surface area contributed by atoms with Crippen molar-refractivity contribution < 1.29 is 5.11 Å². The summed E-state index contributed by atoms with van der Waals surface area (Å²) in [6, 6.07) is 2.18. The van der Waals surface area contributed by atoms with E-state index in [2.05, 4.69) is 33.2 Å². The van der Waals surface area contributed by atoms with Crippen LogP contribution in [0.15, 0.2) is 6.07 Å².